The van der Waals surface area contributed by atoms with E-state index in [0.717, 1.165) is 22.1 Å². The van der Waals surface area contributed by atoms with Gasteiger partial charge in [-0.3, -0.25) is 14.4 Å². The fraction of sp³-hybridized carbons (Fsp3) is 0.500. The number of rotatable bonds is 4. The lowest BCUT2D eigenvalue weighted by Crippen LogP contribution is -2.43. The van der Waals surface area contributed by atoms with Gasteiger partial charge in [-0.2, -0.15) is 0 Å². The Labute approximate surface area is 246 Å². The third kappa shape index (κ3) is 4.22. The van der Waals surface area contributed by atoms with Gasteiger partial charge in [0.2, 0.25) is 5.91 Å². The van der Waals surface area contributed by atoms with E-state index in [2.05, 4.69) is 48.9 Å². The number of benzene rings is 1. The van der Waals surface area contributed by atoms with Crippen LogP contribution >= 0.6 is 15.9 Å². The second-order valence-corrected chi connectivity index (χ2v) is 13.8. The molecule has 0 unspecified atom stereocenters. The number of hydrogen-bond acceptors (Lipinski definition) is 5. The normalized spacial score (nSPS) is 21.9. The van der Waals surface area contributed by atoms with Gasteiger partial charge in [0.15, 0.2) is 5.78 Å². The third-order valence-corrected chi connectivity index (χ3v) is 10.6. The molecule has 9 heteroatoms. The Hall–Kier alpha value is -2.91. The molecule has 3 heterocycles. The second-order valence-electron chi connectivity index (χ2n) is 13.0. The first kappa shape index (κ1) is 28.2. The highest BCUT2D eigenvalue weighted by Gasteiger charge is 2.44. The van der Waals surface area contributed by atoms with Crippen molar-refractivity contribution < 1.29 is 19.1 Å². The summed E-state index contributed by atoms with van der Waals surface area (Å²) in [6.07, 6.45) is 2.09. The topological polar surface area (TPSA) is 101 Å². The maximum atomic E-state index is 15.1. The van der Waals surface area contributed by atoms with Gasteiger partial charge < -0.3 is 15.0 Å². The van der Waals surface area contributed by atoms with Crippen LogP contribution in [0.4, 0.5) is 4.39 Å². The Morgan fingerprint density at radius 3 is 2.63 bits per heavy atom. The number of carbonyl (C=O) groups excluding carboxylic acids is 2. The molecule has 3 aliphatic rings. The number of pyridine rings is 2. The molecule has 0 radical (unpaired) electrons. The van der Waals surface area contributed by atoms with Crippen LogP contribution in [0, 0.1) is 17.2 Å². The van der Waals surface area contributed by atoms with Crippen molar-refractivity contribution in [3.05, 3.63) is 60.6 Å². The Morgan fingerprint density at radius 2 is 1.95 bits per heavy atom. The van der Waals surface area contributed by atoms with Crippen molar-refractivity contribution in [3.8, 4) is 11.4 Å². The molecule has 41 heavy (non-hydrogen) atoms. The maximum Gasteiger partial charge on any atom is 0.254 e. The fourth-order valence-electron chi connectivity index (χ4n) is 6.72. The monoisotopic (exact) mass is 623 g/mol. The lowest BCUT2D eigenvalue weighted by atomic mass is 9.77. The van der Waals surface area contributed by atoms with Crippen molar-refractivity contribution in [2.24, 2.45) is 11.3 Å². The number of Topliss-reactive ketones (excluding diaryl/α,β-unsaturated/α-hetero) is 1. The first-order valence-corrected chi connectivity index (χ1v) is 15.2. The summed E-state index contributed by atoms with van der Waals surface area (Å²) in [6, 6.07) is 2.79. The minimum absolute atomic E-state index is 0.0200. The fourth-order valence-corrected chi connectivity index (χ4v) is 7.23. The van der Waals surface area contributed by atoms with Crippen LogP contribution < -0.4 is 10.9 Å². The Bertz CT molecular complexity index is 1720. The minimum Gasteiger partial charge on any atom is -0.377 e. The highest BCUT2D eigenvalue weighted by Crippen LogP contribution is 2.47. The van der Waals surface area contributed by atoms with E-state index in [4.69, 9.17) is 4.98 Å². The Kier molecular flexibility index (Phi) is 6.58. The number of amides is 1. The van der Waals surface area contributed by atoms with E-state index in [0.29, 0.717) is 51.8 Å². The molecular weight excluding hydrogens is 589 g/mol. The van der Waals surface area contributed by atoms with E-state index in [1.165, 1.54) is 6.07 Å². The molecule has 2 aromatic heterocycles. The van der Waals surface area contributed by atoms with Crippen molar-refractivity contribution in [2.75, 3.05) is 0 Å². The van der Waals surface area contributed by atoms with Crippen molar-refractivity contribution >= 4 is 38.5 Å². The molecular formula is C32H35BrFN3O4. The summed E-state index contributed by atoms with van der Waals surface area (Å²) in [4.78, 5) is 44.8. The molecule has 6 rings (SSSR count). The standard InChI is InChI=1S/C32H35BrFN3O4/c1-6-32(41)19-12-23-29-18(14-37(23)30(40)16(19)8-10-24(32)38)27-21(35-25(39)11-15(2)31(3,4)5)9-7-17-26(27)22(36-29)13-20(34)28(17)33/h12-13,15,21,41H,6-11,14H2,1-5H3,(H,35,39)/t15-,21-,32+/m1/s1. The number of nitrogens with zero attached hydrogens (tertiary/aromatic N) is 2. The molecule has 0 saturated carbocycles. The van der Waals surface area contributed by atoms with Gasteiger partial charge in [0.25, 0.3) is 5.56 Å². The van der Waals surface area contributed by atoms with Gasteiger partial charge in [-0.15, -0.1) is 0 Å². The van der Waals surface area contributed by atoms with Crippen LogP contribution in [-0.4, -0.2) is 26.3 Å². The summed E-state index contributed by atoms with van der Waals surface area (Å²) >= 11 is 3.44. The van der Waals surface area contributed by atoms with Crippen LogP contribution in [0.2, 0.25) is 0 Å². The molecule has 3 aromatic rings. The number of fused-ring (bicyclic) bond motifs is 5. The minimum atomic E-state index is -1.72. The van der Waals surface area contributed by atoms with Crippen LogP contribution in [0.15, 0.2) is 21.4 Å². The number of nitrogens with one attached hydrogen (secondary N) is 1. The SMILES string of the molecule is CC[C@@]1(O)C(=O)CCc2c1cc1n(c2=O)Cc2c-1nc1cc(F)c(Br)c3c1c2[C@H](NC(=O)C[C@@H](C)C(C)(C)C)CC3. The zero-order valence-corrected chi connectivity index (χ0v) is 25.7. The predicted octanol–water partition coefficient (Wildman–Crippen LogP) is 5.62. The summed E-state index contributed by atoms with van der Waals surface area (Å²) in [5.74, 6) is -0.589. The molecule has 2 aliphatic carbocycles. The molecule has 0 bridgehead atoms. The number of aromatic nitrogens is 2. The third-order valence-electron chi connectivity index (χ3n) is 9.72. The van der Waals surface area contributed by atoms with Crippen LogP contribution in [-0.2, 0) is 34.6 Å². The maximum absolute atomic E-state index is 15.1. The van der Waals surface area contributed by atoms with Gasteiger partial charge in [-0.05, 0) is 70.1 Å². The highest BCUT2D eigenvalue weighted by molar-refractivity contribution is 9.10. The Morgan fingerprint density at radius 1 is 1.22 bits per heavy atom. The molecule has 0 fully saturated rings. The predicted molar refractivity (Wildman–Crippen MR) is 158 cm³/mol. The number of hydrogen-bond donors (Lipinski definition) is 2. The highest BCUT2D eigenvalue weighted by atomic mass is 79.9. The van der Waals surface area contributed by atoms with E-state index in [-0.39, 0.29) is 60.4 Å². The van der Waals surface area contributed by atoms with E-state index < -0.39 is 11.4 Å². The van der Waals surface area contributed by atoms with Crippen molar-refractivity contribution in [3.63, 3.8) is 0 Å². The molecule has 1 amide bonds. The number of halogens is 2. The lowest BCUT2D eigenvalue weighted by molar-refractivity contribution is -0.140. The number of ketones is 1. The zero-order chi connectivity index (χ0) is 29.6. The van der Waals surface area contributed by atoms with Gasteiger partial charge in [0.05, 0.1) is 34.0 Å². The summed E-state index contributed by atoms with van der Waals surface area (Å²) in [7, 11) is 0. The Balaban J connectivity index is 1.54. The number of aryl methyl sites for hydroxylation is 1. The average molecular weight is 625 g/mol. The van der Waals surface area contributed by atoms with Gasteiger partial charge >= 0.3 is 0 Å². The zero-order valence-electron chi connectivity index (χ0n) is 24.1. The van der Waals surface area contributed by atoms with Gasteiger partial charge in [0.1, 0.15) is 11.4 Å². The van der Waals surface area contributed by atoms with Crippen molar-refractivity contribution in [1.82, 2.24) is 14.9 Å². The van der Waals surface area contributed by atoms with Gasteiger partial charge in [-0.1, -0.05) is 34.6 Å². The van der Waals surface area contributed by atoms with Gasteiger partial charge in [-0.25, -0.2) is 9.37 Å². The first-order valence-electron chi connectivity index (χ1n) is 14.4. The molecule has 3 atom stereocenters. The first-order chi connectivity index (χ1) is 19.3. The largest absolute Gasteiger partial charge is 0.377 e. The van der Waals surface area contributed by atoms with Crippen LogP contribution in [0.3, 0.4) is 0 Å². The summed E-state index contributed by atoms with van der Waals surface area (Å²) < 4.78 is 17.1. The number of aliphatic hydroxyl groups is 1. The summed E-state index contributed by atoms with van der Waals surface area (Å²) in [5, 5.41) is 15.4. The smallest absolute Gasteiger partial charge is 0.254 e. The van der Waals surface area contributed by atoms with E-state index >= 15 is 4.39 Å². The van der Waals surface area contributed by atoms with Crippen LogP contribution in [0.5, 0.6) is 0 Å². The number of carbonyl (C=O) groups is 2. The second kappa shape index (κ2) is 9.56. The molecule has 0 saturated heterocycles. The molecule has 2 N–H and O–H groups in total. The van der Waals surface area contributed by atoms with Gasteiger partial charge in [0, 0.05) is 41.0 Å². The van der Waals surface area contributed by atoms with E-state index in [1.807, 2.05) is 0 Å². The van der Waals surface area contributed by atoms with Crippen LogP contribution in [0.1, 0.15) is 94.2 Å². The van der Waals surface area contributed by atoms with E-state index in [1.54, 1.807) is 17.6 Å². The quantitative estimate of drug-likeness (QED) is 0.307. The average Bonchev–Trinajstić information content (AvgIpc) is 3.28. The molecule has 0 spiro atoms. The van der Waals surface area contributed by atoms with Crippen LogP contribution in [0.25, 0.3) is 22.3 Å². The summed E-state index contributed by atoms with van der Waals surface area (Å²) in [6.45, 7) is 10.4. The summed E-state index contributed by atoms with van der Waals surface area (Å²) in [5.41, 5.74) is 2.81. The molecule has 1 aromatic carbocycles. The van der Waals surface area contributed by atoms with Crippen molar-refractivity contribution in [2.45, 2.75) is 91.3 Å². The van der Waals surface area contributed by atoms with Crippen molar-refractivity contribution in [1.29, 1.82) is 0 Å². The molecule has 1 aliphatic heterocycles. The lowest BCUT2D eigenvalue weighted by Gasteiger charge is -2.32. The molecule has 7 nitrogen and oxygen atoms in total. The molecule has 216 valence electrons. The van der Waals surface area contributed by atoms with E-state index in [9.17, 15) is 19.5 Å².